The summed E-state index contributed by atoms with van der Waals surface area (Å²) < 4.78 is 19.9. The van der Waals surface area contributed by atoms with Gasteiger partial charge in [-0.3, -0.25) is 0 Å². The lowest BCUT2D eigenvalue weighted by atomic mass is 10.1. The van der Waals surface area contributed by atoms with Crippen molar-refractivity contribution in [3.8, 4) is 0 Å². The Morgan fingerprint density at radius 3 is 2.94 bits per heavy atom. The second-order valence-electron chi connectivity index (χ2n) is 5.18. The van der Waals surface area contributed by atoms with Crippen LogP contribution in [0.15, 0.2) is 22.7 Å². The van der Waals surface area contributed by atoms with Crippen LogP contribution in [0.4, 0.5) is 4.39 Å². The highest BCUT2D eigenvalue weighted by molar-refractivity contribution is 9.10. The van der Waals surface area contributed by atoms with Gasteiger partial charge in [0.15, 0.2) is 0 Å². The highest BCUT2D eigenvalue weighted by Gasteiger charge is 2.40. The molecule has 2 aliphatic rings. The van der Waals surface area contributed by atoms with Gasteiger partial charge in [-0.25, -0.2) is 4.39 Å². The van der Waals surface area contributed by atoms with Crippen molar-refractivity contribution in [3.05, 3.63) is 34.1 Å². The molecule has 18 heavy (non-hydrogen) atoms. The molecule has 0 amide bonds. The molecule has 1 aliphatic carbocycles. The van der Waals surface area contributed by atoms with Crippen molar-refractivity contribution in [2.75, 3.05) is 6.61 Å². The summed E-state index contributed by atoms with van der Waals surface area (Å²) in [6.07, 6.45) is 4.03. The van der Waals surface area contributed by atoms with Crippen molar-refractivity contribution >= 4 is 15.9 Å². The number of ether oxygens (including phenoxy) is 1. The molecule has 2 nitrogen and oxygen atoms in total. The molecule has 1 aliphatic heterocycles. The van der Waals surface area contributed by atoms with Gasteiger partial charge in [0.1, 0.15) is 5.82 Å². The number of nitrogens with one attached hydrogen (secondary N) is 1. The second-order valence-corrected chi connectivity index (χ2v) is 6.04. The second kappa shape index (κ2) is 5.27. The maximum absolute atomic E-state index is 13.2. The molecule has 2 fully saturated rings. The summed E-state index contributed by atoms with van der Waals surface area (Å²) in [5.74, 6) is 0.567. The summed E-state index contributed by atoms with van der Waals surface area (Å²) in [6, 6.07) is 5.24. The molecule has 1 aromatic carbocycles. The molecular weight excluding hydrogens is 297 g/mol. The minimum atomic E-state index is -0.184. The molecular formula is C14H17BrFNO. The topological polar surface area (TPSA) is 21.3 Å². The summed E-state index contributed by atoms with van der Waals surface area (Å²) in [5.41, 5.74) is 0.969. The van der Waals surface area contributed by atoms with Gasteiger partial charge in [0.25, 0.3) is 0 Å². The minimum Gasteiger partial charge on any atom is -0.376 e. The fraction of sp³-hybridized carbons (Fsp3) is 0.571. The van der Waals surface area contributed by atoms with Crippen LogP contribution in [-0.4, -0.2) is 18.8 Å². The van der Waals surface area contributed by atoms with Crippen LogP contribution < -0.4 is 5.32 Å². The van der Waals surface area contributed by atoms with E-state index in [0.29, 0.717) is 18.7 Å². The van der Waals surface area contributed by atoms with E-state index in [1.54, 1.807) is 12.1 Å². The Kier molecular flexibility index (Phi) is 3.68. The van der Waals surface area contributed by atoms with Crippen molar-refractivity contribution in [3.63, 3.8) is 0 Å². The number of hydrogen-bond acceptors (Lipinski definition) is 2. The highest BCUT2D eigenvalue weighted by Crippen LogP contribution is 2.38. The minimum absolute atomic E-state index is 0.184. The van der Waals surface area contributed by atoms with Gasteiger partial charge in [-0.2, -0.15) is 0 Å². The van der Waals surface area contributed by atoms with E-state index in [1.165, 1.54) is 18.9 Å². The molecule has 1 saturated heterocycles. The molecule has 0 bridgehead atoms. The Balaban J connectivity index is 1.61. The third kappa shape index (κ3) is 2.76. The molecule has 4 heteroatoms. The van der Waals surface area contributed by atoms with Gasteiger partial charge in [0.05, 0.1) is 6.10 Å². The Labute approximate surface area is 115 Å². The number of hydrogen-bond donors (Lipinski definition) is 1. The van der Waals surface area contributed by atoms with Crippen molar-refractivity contribution < 1.29 is 9.13 Å². The monoisotopic (exact) mass is 313 g/mol. The van der Waals surface area contributed by atoms with Gasteiger partial charge in [-0.05, 0) is 48.9 Å². The Morgan fingerprint density at radius 2 is 2.17 bits per heavy atom. The molecule has 1 saturated carbocycles. The Morgan fingerprint density at radius 1 is 1.33 bits per heavy atom. The fourth-order valence-electron chi connectivity index (χ4n) is 2.64. The maximum atomic E-state index is 13.2. The average Bonchev–Trinajstić information content (AvgIpc) is 3.10. The van der Waals surface area contributed by atoms with Crippen LogP contribution in [0.5, 0.6) is 0 Å². The number of halogens is 2. The largest absolute Gasteiger partial charge is 0.376 e. The third-order valence-electron chi connectivity index (χ3n) is 3.78. The van der Waals surface area contributed by atoms with Gasteiger partial charge in [0.2, 0.25) is 0 Å². The van der Waals surface area contributed by atoms with Crippen molar-refractivity contribution in [1.82, 2.24) is 5.32 Å². The zero-order valence-corrected chi connectivity index (χ0v) is 11.7. The smallest absolute Gasteiger partial charge is 0.123 e. The van der Waals surface area contributed by atoms with Crippen LogP contribution in [-0.2, 0) is 11.3 Å². The third-order valence-corrected chi connectivity index (χ3v) is 4.56. The summed E-state index contributed by atoms with van der Waals surface area (Å²) >= 11 is 3.46. The summed E-state index contributed by atoms with van der Waals surface area (Å²) in [7, 11) is 0. The number of benzene rings is 1. The summed E-state index contributed by atoms with van der Waals surface area (Å²) in [6.45, 7) is 1.54. The van der Waals surface area contributed by atoms with Crippen LogP contribution in [0.2, 0.25) is 0 Å². The molecule has 1 N–H and O–H groups in total. The van der Waals surface area contributed by atoms with E-state index in [1.807, 2.05) is 0 Å². The van der Waals surface area contributed by atoms with Crippen LogP contribution in [0, 0.1) is 11.7 Å². The lowest BCUT2D eigenvalue weighted by Crippen LogP contribution is -2.37. The van der Waals surface area contributed by atoms with Crippen molar-refractivity contribution in [1.29, 1.82) is 0 Å². The van der Waals surface area contributed by atoms with E-state index in [2.05, 4.69) is 21.2 Å². The summed E-state index contributed by atoms with van der Waals surface area (Å²) in [4.78, 5) is 0. The van der Waals surface area contributed by atoms with E-state index < -0.39 is 0 Å². The van der Waals surface area contributed by atoms with Crippen LogP contribution in [0.1, 0.15) is 24.8 Å². The highest BCUT2D eigenvalue weighted by atomic mass is 79.9. The first-order valence-corrected chi connectivity index (χ1v) is 7.32. The zero-order chi connectivity index (χ0) is 12.5. The van der Waals surface area contributed by atoms with E-state index in [-0.39, 0.29) is 5.82 Å². The van der Waals surface area contributed by atoms with Gasteiger partial charge >= 0.3 is 0 Å². The van der Waals surface area contributed by atoms with E-state index >= 15 is 0 Å². The molecule has 0 aromatic heterocycles. The first kappa shape index (κ1) is 12.6. The lowest BCUT2D eigenvalue weighted by molar-refractivity contribution is 0.0808. The molecule has 1 heterocycles. The lowest BCUT2D eigenvalue weighted by Gasteiger charge is -2.19. The predicted molar refractivity (Wildman–Crippen MR) is 71.8 cm³/mol. The van der Waals surface area contributed by atoms with Gasteiger partial charge in [-0.1, -0.05) is 15.9 Å². The molecule has 98 valence electrons. The average molecular weight is 314 g/mol. The molecule has 2 unspecified atom stereocenters. The normalized spacial score (nSPS) is 27.7. The Hall–Kier alpha value is -0.450. The standard InChI is InChI=1S/C14H17BrFNO/c15-12-4-3-11(16)7-10(12)8-17-13-5-6-18-14(13)9-1-2-9/h3-4,7,9,13-14,17H,1-2,5-6,8H2. The maximum Gasteiger partial charge on any atom is 0.123 e. The molecule has 0 radical (unpaired) electrons. The zero-order valence-electron chi connectivity index (χ0n) is 10.2. The predicted octanol–water partition coefficient (Wildman–Crippen LogP) is 3.25. The number of rotatable bonds is 4. The van der Waals surface area contributed by atoms with Gasteiger partial charge in [-0.15, -0.1) is 0 Å². The quantitative estimate of drug-likeness (QED) is 0.921. The van der Waals surface area contributed by atoms with E-state index in [9.17, 15) is 4.39 Å². The van der Waals surface area contributed by atoms with Crippen molar-refractivity contribution in [2.45, 2.75) is 38.0 Å². The van der Waals surface area contributed by atoms with Gasteiger partial charge < -0.3 is 10.1 Å². The van der Waals surface area contributed by atoms with Crippen LogP contribution in [0.25, 0.3) is 0 Å². The van der Waals surface area contributed by atoms with Crippen molar-refractivity contribution in [2.24, 2.45) is 5.92 Å². The molecule has 3 rings (SSSR count). The van der Waals surface area contributed by atoms with Crippen LogP contribution in [0.3, 0.4) is 0 Å². The van der Waals surface area contributed by atoms with Gasteiger partial charge in [0, 0.05) is 23.7 Å². The first-order chi connectivity index (χ1) is 8.74. The van der Waals surface area contributed by atoms with Crippen LogP contribution >= 0.6 is 15.9 Å². The van der Waals surface area contributed by atoms with E-state index in [4.69, 9.17) is 4.74 Å². The fourth-order valence-corrected chi connectivity index (χ4v) is 3.03. The summed E-state index contributed by atoms with van der Waals surface area (Å²) in [5, 5.41) is 3.52. The van der Waals surface area contributed by atoms with E-state index in [0.717, 1.165) is 29.0 Å². The first-order valence-electron chi connectivity index (χ1n) is 6.53. The molecule has 2 atom stereocenters. The molecule has 1 aromatic rings. The molecule has 0 spiro atoms. The SMILES string of the molecule is Fc1ccc(Br)c(CNC2CCOC2C2CC2)c1. The Bertz CT molecular complexity index is 436.